The van der Waals surface area contributed by atoms with Crippen LogP contribution in [0.15, 0.2) is 48.5 Å². The first-order valence-corrected chi connectivity index (χ1v) is 7.12. The van der Waals surface area contributed by atoms with E-state index in [0.29, 0.717) is 23.7 Å². The highest BCUT2D eigenvalue weighted by Gasteiger charge is 2.15. The van der Waals surface area contributed by atoms with E-state index in [0.717, 1.165) is 11.3 Å². The zero-order valence-electron chi connectivity index (χ0n) is 12.2. The van der Waals surface area contributed by atoms with Crippen LogP contribution in [-0.2, 0) is 0 Å². The maximum Gasteiger partial charge on any atom is 0.231 e. The smallest absolute Gasteiger partial charge is 0.231 e. The van der Waals surface area contributed by atoms with Gasteiger partial charge in [-0.05, 0) is 43.3 Å². The van der Waals surface area contributed by atoms with Crippen LogP contribution in [-0.4, -0.2) is 19.2 Å². The third-order valence-corrected chi connectivity index (χ3v) is 3.29. The molecule has 1 aliphatic heterocycles. The molecule has 0 spiro atoms. The minimum absolute atomic E-state index is 0.0930. The van der Waals surface area contributed by atoms with Crippen molar-refractivity contribution in [3.05, 3.63) is 59.7 Å². The number of ether oxygens (including phenoxy) is 3. The number of rotatable bonds is 5. The summed E-state index contributed by atoms with van der Waals surface area (Å²) < 4.78 is 16.1. The van der Waals surface area contributed by atoms with Crippen LogP contribution in [0.3, 0.4) is 0 Å². The van der Waals surface area contributed by atoms with Gasteiger partial charge in [-0.3, -0.25) is 4.79 Å². The Hall–Kier alpha value is -2.75. The second kappa shape index (κ2) is 6.35. The lowest BCUT2D eigenvalue weighted by atomic mass is 10.1. The molecule has 2 aromatic rings. The predicted molar refractivity (Wildman–Crippen MR) is 83.5 cm³/mol. The van der Waals surface area contributed by atoms with E-state index in [9.17, 15) is 4.79 Å². The lowest BCUT2D eigenvalue weighted by Gasteiger charge is -2.06. The van der Waals surface area contributed by atoms with Gasteiger partial charge in [-0.15, -0.1) is 0 Å². The average molecular weight is 296 g/mol. The van der Waals surface area contributed by atoms with Crippen LogP contribution in [0.4, 0.5) is 0 Å². The molecule has 1 aliphatic rings. The normalized spacial score (nSPS) is 12.6. The van der Waals surface area contributed by atoms with Gasteiger partial charge < -0.3 is 14.2 Å². The molecule has 1 heterocycles. The van der Waals surface area contributed by atoms with Crippen molar-refractivity contribution in [2.75, 3.05) is 13.4 Å². The number of hydrogen-bond donors (Lipinski definition) is 0. The number of ketones is 1. The number of carbonyl (C=O) groups is 1. The van der Waals surface area contributed by atoms with Gasteiger partial charge >= 0.3 is 0 Å². The molecule has 0 amide bonds. The molecular weight excluding hydrogens is 280 g/mol. The summed E-state index contributed by atoms with van der Waals surface area (Å²) >= 11 is 0. The topological polar surface area (TPSA) is 44.8 Å². The summed E-state index contributed by atoms with van der Waals surface area (Å²) in [6, 6.07) is 12.8. The van der Waals surface area contributed by atoms with E-state index in [1.165, 1.54) is 6.08 Å². The molecule has 2 aromatic carbocycles. The van der Waals surface area contributed by atoms with Crippen molar-refractivity contribution in [1.29, 1.82) is 0 Å². The summed E-state index contributed by atoms with van der Waals surface area (Å²) in [7, 11) is 0. The number of hydrogen-bond acceptors (Lipinski definition) is 4. The van der Waals surface area contributed by atoms with Crippen molar-refractivity contribution in [3.8, 4) is 17.2 Å². The van der Waals surface area contributed by atoms with Crippen LogP contribution in [0.5, 0.6) is 17.2 Å². The van der Waals surface area contributed by atoms with Gasteiger partial charge in [-0.2, -0.15) is 0 Å². The Kier molecular flexibility index (Phi) is 4.10. The van der Waals surface area contributed by atoms with Crippen molar-refractivity contribution < 1.29 is 19.0 Å². The van der Waals surface area contributed by atoms with Crippen LogP contribution in [0.1, 0.15) is 22.8 Å². The maximum absolute atomic E-state index is 12.3. The quantitative estimate of drug-likeness (QED) is 0.623. The maximum atomic E-state index is 12.3. The summed E-state index contributed by atoms with van der Waals surface area (Å²) in [6.45, 7) is 2.71. The SMILES string of the molecule is CCOc1ccccc1/C=C/C(=O)c1ccc2c(c1)OCO2. The summed E-state index contributed by atoms with van der Waals surface area (Å²) in [6.07, 6.45) is 3.30. The number of allylic oxidation sites excluding steroid dienone is 1. The Bertz CT molecular complexity index is 719. The van der Waals surface area contributed by atoms with E-state index in [4.69, 9.17) is 14.2 Å². The second-order valence-electron chi connectivity index (χ2n) is 4.74. The molecular formula is C18H16O4. The van der Waals surface area contributed by atoms with Crippen molar-refractivity contribution in [2.24, 2.45) is 0 Å². The van der Waals surface area contributed by atoms with Crippen molar-refractivity contribution in [2.45, 2.75) is 6.92 Å². The Balaban J connectivity index is 1.79. The second-order valence-corrected chi connectivity index (χ2v) is 4.74. The molecule has 0 N–H and O–H groups in total. The van der Waals surface area contributed by atoms with Gasteiger partial charge in [0.1, 0.15) is 5.75 Å². The van der Waals surface area contributed by atoms with Crippen molar-refractivity contribution in [1.82, 2.24) is 0 Å². The molecule has 0 unspecified atom stereocenters. The molecule has 0 radical (unpaired) electrons. The molecule has 0 fully saturated rings. The van der Waals surface area contributed by atoms with E-state index >= 15 is 0 Å². The van der Waals surface area contributed by atoms with Gasteiger partial charge in [0.2, 0.25) is 6.79 Å². The first-order chi connectivity index (χ1) is 10.8. The van der Waals surface area contributed by atoms with Gasteiger partial charge in [-0.25, -0.2) is 0 Å². The molecule has 4 nitrogen and oxygen atoms in total. The molecule has 112 valence electrons. The monoisotopic (exact) mass is 296 g/mol. The molecule has 22 heavy (non-hydrogen) atoms. The molecule has 0 saturated carbocycles. The zero-order chi connectivity index (χ0) is 15.4. The van der Waals surface area contributed by atoms with Gasteiger partial charge in [0, 0.05) is 11.1 Å². The molecule has 0 aliphatic carbocycles. The fraction of sp³-hybridized carbons (Fsp3) is 0.167. The molecule has 3 rings (SSSR count). The molecule has 4 heteroatoms. The molecule has 0 bridgehead atoms. The largest absolute Gasteiger partial charge is 0.493 e. The van der Waals surface area contributed by atoms with Crippen LogP contribution in [0, 0.1) is 0 Å². The van der Waals surface area contributed by atoms with Crippen LogP contribution < -0.4 is 14.2 Å². The van der Waals surface area contributed by atoms with E-state index in [1.807, 2.05) is 31.2 Å². The standard InChI is InChI=1S/C18H16O4/c1-2-20-16-6-4-3-5-13(16)7-9-15(19)14-8-10-17-18(11-14)22-12-21-17/h3-11H,2,12H2,1H3/b9-7+. The summed E-state index contributed by atoms with van der Waals surface area (Å²) in [5, 5.41) is 0. The van der Waals surface area contributed by atoms with Gasteiger partial charge in [0.05, 0.1) is 6.61 Å². The Morgan fingerprint density at radius 1 is 1.18 bits per heavy atom. The number of fused-ring (bicyclic) bond motifs is 1. The van der Waals surface area contributed by atoms with Gasteiger partial charge in [0.15, 0.2) is 17.3 Å². The Morgan fingerprint density at radius 2 is 2.00 bits per heavy atom. The zero-order valence-corrected chi connectivity index (χ0v) is 12.2. The summed E-state index contributed by atoms with van der Waals surface area (Å²) in [5.41, 5.74) is 1.44. The lowest BCUT2D eigenvalue weighted by Crippen LogP contribution is -1.96. The van der Waals surface area contributed by atoms with Gasteiger partial charge in [-0.1, -0.05) is 18.2 Å². The van der Waals surface area contributed by atoms with Gasteiger partial charge in [0.25, 0.3) is 0 Å². The predicted octanol–water partition coefficient (Wildman–Crippen LogP) is 3.71. The first-order valence-electron chi connectivity index (χ1n) is 7.12. The summed E-state index contributed by atoms with van der Waals surface area (Å²) in [5.74, 6) is 1.94. The van der Waals surface area contributed by atoms with E-state index in [2.05, 4.69) is 0 Å². The highest BCUT2D eigenvalue weighted by Crippen LogP contribution is 2.32. The minimum atomic E-state index is -0.0930. The first kappa shape index (κ1) is 14.2. The minimum Gasteiger partial charge on any atom is -0.493 e. The van der Waals surface area contributed by atoms with Crippen LogP contribution in [0.2, 0.25) is 0 Å². The fourth-order valence-corrected chi connectivity index (χ4v) is 2.22. The fourth-order valence-electron chi connectivity index (χ4n) is 2.22. The van der Waals surface area contributed by atoms with Crippen LogP contribution in [0.25, 0.3) is 6.08 Å². The third kappa shape index (κ3) is 2.96. The van der Waals surface area contributed by atoms with E-state index in [1.54, 1.807) is 24.3 Å². The molecule has 0 aromatic heterocycles. The van der Waals surface area contributed by atoms with Crippen molar-refractivity contribution >= 4 is 11.9 Å². The average Bonchev–Trinajstić information content (AvgIpc) is 3.01. The van der Waals surface area contributed by atoms with Crippen LogP contribution >= 0.6 is 0 Å². The third-order valence-electron chi connectivity index (χ3n) is 3.29. The highest BCUT2D eigenvalue weighted by molar-refractivity contribution is 6.07. The van der Waals surface area contributed by atoms with E-state index in [-0.39, 0.29) is 12.6 Å². The highest BCUT2D eigenvalue weighted by atomic mass is 16.7. The van der Waals surface area contributed by atoms with Crippen molar-refractivity contribution in [3.63, 3.8) is 0 Å². The molecule has 0 saturated heterocycles. The lowest BCUT2D eigenvalue weighted by molar-refractivity contribution is 0.104. The van der Waals surface area contributed by atoms with E-state index < -0.39 is 0 Å². The number of benzene rings is 2. The Labute approximate surface area is 128 Å². The summed E-state index contributed by atoms with van der Waals surface area (Å²) in [4.78, 5) is 12.3. The molecule has 0 atom stereocenters. The number of para-hydroxylation sites is 1. The Morgan fingerprint density at radius 3 is 2.86 bits per heavy atom. The number of carbonyl (C=O) groups excluding carboxylic acids is 1.